The van der Waals surface area contributed by atoms with Crippen molar-refractivity contribution in [2.75, 3.05) is 13.1 Å². The molecule has 1 atom stereocenters. The van der Waals surface area contributed by atoms with Gasteiger partial charge in [0.15, 0.2) is 5.82 Å². The summed E-state index contributed by atoms with van der Waals surface area (Å²) in [6, 6.07) is 5.86. The average Bonchev–Trinajstić information content (AvgIpc) is 3.00. The quantitative estimate of drug-likeness (QED) is 0.893. The number of hydrogen-bond acceptors (Lipinski definition) is 4. The monoisotopic (exact) mass is 299 g/mol. The Morgan fingerprint density at radius 1 is 1.50 bits per heavy atom. The van der Waals surface area contributed by atoms with Gasteiger partial charge in [-0.05, 0) is 37.9 Å². The highest BCUT2D eigenvalue weighted by atomic mass is 16.1. The third kappa shape index (κ3) is 3.01. The highest BCUT2D eigenvalue weighted by Gasteiger charge is 2.21. The lowest BCUT2D eigenvalue weighted by Crippen LogP contribution is -2.45. The zero-order valence-electron chi connectivity index (χ0n) is 12.7. The molecule has 1 aliphatic rings. The Morgan fingerprint density at radius 3 is 3.09 bits per heavy atom. The molecule has 0 bridgehead atoms. The molecular weight excluding hydrogens is 278 g/mol. The molecular formula is C16H21N5O. The molecule has 0 spiro atoms. The summed E-state index contributed by atoms with van der Waals surface area (Å²) in [4.78, 5) is 16.8. The summed E-state index contributed by atoms with van der Waals surface area (Å²) in [5.74, 6) is 0.686. The molecule has 1 fully saturated rings. The molecule has 2 N–H and O–H groups in total. The van der Waals surface area contributed by atoms with E-state index in [0.29, 0.717) is 5.56 Å². The second kappa shape index (κ2) is 6.70. The Balaban J connectivity index is 1.82. The molecule has 1 aliphatic heterocycles. The first-order valence-electron chi connectivity index (χ1n) is 7.79. The first-order valence-corrected chi connectivity index (χ1v) is 7.79. The molecule has 0 saturated carbocycles. The standard InChI is InChI=1S/C16H21N5O/c1-2-14-13(16(22)20-12-6-5-8-17-10-12)11-19-21(14)15-7-3-4-9-18-15/h3-4,7,9,11-12,17H,2,5-6,8,10H2,1H3,(H,20,22)/t12-/m0/s1. The van der Waals surface area contributed by atoms with Crippen LogP contribution in [0.5, 0.6) is 0 Å². The topological polar surface area (TPSA) is 71.8 Å². The van der Waals surface area contributed by atoms with Crippen molar-refractivity contribution in [3.63, 3.8) is 0 Å². The first kappa shape index (κ1) is 14.7. The maximum atomic E-state index is 12.5. The van der Waals surface area contributed by atoms with Crippen molar-refractivity contribution in [1.29, 1.82) is 0 Å². The molecule has 6 heteroatoms. The summed E-state index contributed by atoms with van der Waals surface area (Å²) in [5.41, 5.74) is 1.53. The summed E-state index contributed by atoms with van der Waals surface area (Å²) >= 11 is 0. The Labute approximate surface area is 129 Å². The third-order valence-electron chi connectivity index (χ3n) is 3.95. The Hall–Kier alpha value is -2.21. The van der Waals surface area contributed by atoms with Crippen molar-refractivity contribution in [3.8, 4) is 5.82 Å². The Kier molecular flexibility index (Phi) is 4.48. The van der Waals surface area contributed by atoms with E-state index in [1.807, 2.05) is 25.1 Å². The van der Waals surface area contributed by atoms with Crippen molar-refractivity contribution in [2.45, 2.75) is 32.2 Å². The molecule has 116 valence electrons. The SMILES string of the molecule is CCc1c(C(=O)N[C@H]2CCCNC2)cnn1-c1ccccn1. The number of carbonyl (C=O) groups excluding carboxylic acids is 1. The summed E-state index contributed by atoms with van der Waals surface area (Å²) in [6.45, 7) is 3.89. The third-order valence-corrected chi connectivity index (χ3v) is 3.95. The van der Waals surface area contributed by atoms with E-state index in [2.05, 4.69) is 20.7 Å². The molecule has 2 aromatic heterocycles. The van der Waals surface area contributed by atoms with Crippen LogP contribution in [0.15, 0.2) is 30.6 Å². The number of piperidine rings is 1. The van der Waals surface area contributed by atoms with Crippen LogP contribution < -0.4 is 10.6 Å². The molecule has 6 nitrogen and oxygen atoms in total. The number of nitrogens with one attached hydrogen (secondary N) is 2. The van der Waals surface area contributed by atoms with E-state index in [4.69, 9.17) is 0 Å². The largest absolute Gasteiger partial charge is 0.348 e. The van der Waals surface area contributed by atoms with E-state index < -0.39 is 0 Å². The summed E-state index contributed by atoms with van der Waals surface area (Å²) in [5, 5.41) is 10.8. The van der Waals surface area contributed by atoms with Crippen LogP contribution >= 0.6 is 0 Å². The zero-order chi connectivity index (χ0) is 15.4. The van der Waals surface area contributed by atoms with Gasteiger partial charge < -0.3 is 10.6 Å². The van der Waals surface area contributed by atoms with Gasteiger partial charge in [-0.2, -0.15) is 5.10 Å². The Bertz CT molecular complexity index is 631. The number of amides is 1. The second-order valence-electron chi connectivity index (χ2n) is 5.47. The van der Waals surface area contributed by atoms with E-state index in [-0.39, 0.29) is 11.9 Å². The molecule has 2 aromatic rings. The lowest BCUT2D eigenvalue weighted by atomic mass is 10.1. The predicted molar refractivity (Wildman–Crippen MR) is 84.1 cm³/mol. The van der Waals surface area contributed by atoms with Crippen molar-refractivity contribution in [1.82, 2.24) is 25.4 Å². The fourth-order valence-corrected chi connectivity index (χ4v) is 2.82. The van der Waals surface area contributed by atoms with Gasteiger partial charge in [-0.15, -0.1) is 0 Å². The van der Waals surface area contributed by atoms with Crippen LogP contribution in [0, 0.1) is 0 Å². The minimum Gasteiger partial charge on any atom is -0.348 e. The van der Waals surface area contributed by atoms with E-state index in [1.165, 1.54) is 0 Å². The summed E-state index contributed by atoms with van der Waals surface area (Å²) in [6.07, 6.45) is 6.21. The van der Waals surface area contributed by atoms with Crippen LogP contribution in [0.1, 0.15) is 35.8 Å². The van der Waals surface area contributed by atoms with Crippen LogP contribution in [0.3, 0.4) is 0 Å². The van der Waals surface area contributed by atoms with Crippen molar-refractivity contribution < 1.29 is 4.79 Å². The summed E-state index contributed by atoms with van der Waals surface area (Å²) in [7, 11) is 0. The fraction of sp³-hybridized carbons (Fsp3) is 0.438. The van der Waals surface area contributed by atoms with Gasteiger partial charge in [0.05, 0.1) is 17.5 Å². The summed E-state index contributed by atoms with van der Waals surface area (Å²) < 4.78 is 1.74. The molecule has 0 unspecified atom stereocenters. The van der Waals surface area contributed by atoms with E-state index in [9.17, 15) is 4.79 Å². The molecule has 22 heavy (non-hydrogen) atoms. The van der Waals surface area contributed by atoms with Crippen LogP contribution in [0.4, 0.5) is 0 Å². The van der Waals surface area contributed by atoms with Crippen molar-refractivity contribution in [2.24, 2.45) is 0 Å². The van der Waals surface area contributed by atoms with Gasteiger partial charge in [0.25, 0.3) is 5.91 Å². The van der Waals surface area contributed by atoms with Gasteiger partial charge in [0.2, 0.25) is 0 Å². The van der Waals surface area contributed by atoms with E-state index >= 15 is 0 Å². The van der Waals surface area contributed by atoms with Gasteiger partial charge in [-0.25, -0.2) is 9.67 Å². The van der Waals surface area contributed by atoms with Gasteiger partial charge in [0, 0.05) is 18.8 Å². The fourth-order valence-electron chi connectivity index (χ4n) is 2.82. The molecule has 0 aliphatic carbocycles. The van der Waals surface area contributed by atoms with Crippen LogP contribution in [-0.4, -0.2) is 39.8 Å². The number of rotatable bonds is 4. The van der Waals surface area contributed by atoms with Crippen LogP contribution in [-0.2, 0) is 6.42 Å². The zero-order valence-corrected chi connectivity index (χ0v) is 12.7. The van der Waals surface area contributed by atoms with E-state index in [1.54, 1.807) is 17.1 Å². The minimum absolute atomic E-state index is 0.0484. The average molecular weight is 299 g/mol. The minimum atomic E-state index is -0.0484. The van der Waals surface area contributed by atoms with Crippen molar-refractivity contribution in [3.05, 3.63) is 41.9 Å². The number of hydrogen-bond donors (Lipinski definition) is 2. The maximum Gasteiger partial charge on any atom is 0.255 e. The normalized spacial score (nSPS) is 18.1. The van der Waals surface area contributed by atoms with Gasteiger partial charge in [0.1, 0.15) is 0 Å². The Morgan fingerprint density at radius 2 is 2.41 bits per heavy atom. The van der Waals surface area contributed by atoms with Crippen LogP contribution in [0.25, 0.3) is 5.82 Å². The molecule has 0 radical (unpaired) electrons. The molecule has 0 aromatic carbocycles. The first-order chi connectivity index (χ1) is 10.8. The molecule has 1 amide bonds. The molecule has 1 saturated heterocycles. The highest BCUT2D eigenvalue weighted by Crippen LogP contribution is 2.15. The number of nitrogens with zero attached hydrogens (tertiary/aromatic N) is 3. The maximum absolute atomic E-state index is 12.5. The number of pyridine rings is 1. The molecule has 3 heterocycles. The van der Waals surface area contributed by atoms with Gasteiger partial charge >= 0.3 is 0 Å². The van der Waals surface area contributed by atoms with E-state index in [0.717, 1.165) is 43.9 Å². The predicted octanol–water partition coefficient (Wildman–Crippen LogP) is 1.31. The van der Waals surface area contributed by atoms with Gasteiger partial charge in [-0.1, -0.05) is 13.0 Å². The lowest BCUT2D eigenvalue weighted by molar-refractivity contribution is 0.0929. The van der Waals surface area contributed by atoms with Crippen molar-refractivity contribution >= 4 is 5.91 Å². The molecule has 3 rings (SSSR count). The van der Waals surface area contributed by atoms with Gasteiger partial charge in [-0.3, -0.25) is 4.79 Å². The van der Waals surface area contributed by atoms with Crippen LogP contribution in [0.2, 0.25) is 0 Å². The number of carbonyl (C=O) groups is 1. The lowest BCUT2D eigenvalue weighted by Gasteiger charge is -2.23. The smallest absolute Gasteiger partial charge is 0.255 e. The highest BCUT2D eigenvalue weighted by molar-refractivity contribution is 5.95. The number of aromatic nitrogens is 3. The second-order valence-corrected chi connectivity index (χ2v) is 5.47.